The summed E-state index contributed by atoms with van der Waals surface area (Å²) in [5.41, 5.74) is 9.77. The van der Waals surface area contributed by atoms with Crippen LogP contribution in [0.25, 0.3) is 0 Å². The van der Waals surface area contributed by atoms with Crippen molar-refractivity contribution in [2.75, 3.05) is 12.3 Å². The maximum atomic E-state index is 13.1. The average molecular weight is 440 g/mol. The lowest BCUT2D eigenvalue weighted by atomic mass is 9.96. The van der Waals surface area contributed by atoms with Crippen molar-refractivity contribution in [1.29, 1.82) is 0 Å². The molecule has 4 rings (SSSR count). The molecule has 7 nitrogen and oxygen atoms in total. The number of aryl methyl sites for hydroxylation is 2. The number of rotatable bonds is 6. The van der Waals surface area contributed by atoms with Gasteiger partial charge in [-0.05, 0) is 86.9 Å². The van der Waals surface area contributed by atoms with E-state index < -0.39 is 6.04 Å². The zero-order chi connectivity index (χ0) is 22.8. The van der Waals surface area contributed by atoms with Crippen LogP contribution in [0.4, 0.5) is 10.2 Å². The van der Waals surface area contributed by atoms with E-state index in [1.807, 2.05) is 13.0 Å². The van der Waals surface area contributed by atoms with E-state index in [9.17, 15) is 14.0 Å². The number of hydrogen-bond donors (Lipinski definition) is 4. The molecule has 2 aliphatic rings. The van der Waals surface area contributed by atoms with Crippen LogP contribution in [0, 0.1) is 18.7 Å². The second-order valence-corrected chi connectivity index (χ2v) is 8.95. The van der Waals surface area contributed by atoms with E-state index >= 15 is 0 Å². The molecule has 2 amide bonds. The number of nitrogens with zero attached hydrogens (tertiary/aromatic N) is 1. The summed E-state index contributed by atoms with van der Waals surface area (Å²) in [6.45, 7) is 4.31. The van der Waals surface area contributed by atoms with Crippen LogP contribution in [-0.4, -0.2) is 35.4 Å². The van der Waals surface area contributed by atoms with Crippen molar-refractivity contribution in [3.63, 3.8) is 0 Å². The summed E-state index contributed by atoms with van der Waals surface area (Å²) in [5, 5.41) is 9.11. The molecule has 1 saturated heterocycles. The quantitative estimate of drug-likeness (QED) is 0.550. The Bertz CT molecular complexity index is 1010. The average Bonchev–Trinajstić information content (AvgIpc) is 3.37. The first-order chi connectivity index (χ1) is 15.3. The molecule has 0 radical (unpaired) electrons. The summed E-state index contributed by atoms with van der Waals surface area (Å²) in [7, 11) is 0. The summed E-state index contributed by atoms with van der Waals surface area (Å²) in [5.74, 6) is 0.175. The molecule has 32 heavy (non-hydrogen) atoms. The number of carbonyl (C=O) groups excluding carboxylic acids is 2. The van der Waals surface area contributed by atoms with E-state index in [0.29, 0.717) is 24.7 Å². The molecule has 1 aromatic carbocycles. The first-order valence-electron chi connectivity index (χ1n) is 11.1. The van der Waals surface area contributed by atoms with Gasteiger partial charge < -0.3 is 21.7 Å². The van der Waals surface area contributed by atoms with Crippen LogP contribution >= 0.6 is 0 Å². The maximum absolute atomic E-state index is 13.1. The minimum absolute atomic E-state index is 0.117. The predicted octanol–water partition coefficient (Wildman–Crippen LogP) is 1.94. The van der Waals surface area contributed by atoms with Gasteiger partial charge in [-0.25, -0.2) is 9.37 Å². The van der Waals surface area contributed by atoms with Gasteiger partial charge in [-0.1, -0.05) is 12.1 Å². The molecular weight excluding hydrogens is 409 g/mol. The van der Waals surface area contributed by atoms with Gasteiger partial charge in [0.05, 0.1) is 12.1 Å². The molecule has 0 bridgehead atoms. The molecular formula is C24H30FN5O2. The number of amides is 2. The summed E-state index contributed by atoms with van der Waals surface area (Å²) in [6.07, 6.45) is 3.01. The number of pyridine rings is 1. The molecule has 1 aromatic heterocycles. The van der Waals surface area contributed by atoms with Crippen molar-refractivity contribution in [2.24, 2.45) is 5.92 Å². The van der Waals surface area contributed by atoms with Gasteiger partial charge in [0.1, 0.15) is 17.7 Å². The van der Waals surface area contributed by atoms with E-state index in [1.54, 1.807) is 19.1 Å². The molecule has 1 unspecified atom stereocenters. The predicted molar refractivity (Wildman–Crippen MR) is 120 cm³/mol. The van der Waals surface area contributed by atoms with E-state index in [4.69, 9.17) is 5.73 Å². The number of nitrogens with one attached hydrogen (secondary N) is 3. The number of hydrogen-bond acceptors (Lipinski definition) is 5. The first kappa shape index (κ1) is 22.2. The van der Waals surface area contributed by atoms with Crippen molar-refractivity contribution in [2.45, 2.75) is 57.7 Å². The third kappa shape index (κ3) is 4.91. The minimum Gasteiger partial charge on any atom is -0.383 e. The van der Waals surface area contributed by atoms with Gasteiger partial charge in [0.25, 0.3) is 0 Å². The SMILES string of the molecule is Cc1cc2c(nc1N)CCC2NC(=O)[C@H](C)NC(=O)[C@H]1C[C@H](Cc2ccc(F)cc2)CN1. The second-order valence-electron chi connectivity index (χ2n) is 8.95. The minimum atomic E-state index is -0.646. The molecule has 2 heterocycles. The first-order valence-corrected chi connectivity index (χ1v) is 11.1. The van der Waals surface area contributed by atoms with E-state index in [2.05, 4.69) is 20.9 Å². The fraction of sp³-hybridized carbons (Fsp3) is 0.458. The number of benzene rings is 1. The van der Waals surface area contributed by atoms with Gasteiger partial charge in [0.2, 0.25) is 11.8 Å². The molecule has 170 valence electrons. The number of anilines is 1. The summed E-state index contributed by atoms with van der Waals surface area (Å²) in [6, 6.07) is 7.36. The Balaban J connectivity index is 1.27. The van der Waals surface area contributed by atoms with E-state index in [-0.39, 0.29) is 29.7 Å². The van der Waals surface area contributed by atoms with Crippen molar-refractivity contribution in [3.8, 4) is 0 Å². The van der Waals surface area contributed by atoms with Gasteiger partial charge in [0, 0.05) is 5.69 Å². The van der Waals surface area contributed by atoms with Gasteiger partial charge in [0.15, 0.2) is 0 Å². The molecule has 0 saturated carbocycles. The Hall–Kier alpha value is -3.00. The lowest BCUT2D eigenvalue weighted by molar-refractivity contribution is -0.129. The number of carbonyl (C=O) groups is 2. The zero-order valence-electron chi connectivity index (χ0n) is 18.5. The highest BCUT2D eigenvalue weighted by molar-refractivity contribution is 5.89. The van der Waals surface area contributed by atoms with Crippen LogP contribution in [0.5, 0.6) is 0 Å². The molecule has 2 aromatic rings. The number of fused-ring (bicyclic) bond motifs is 1. The number of aromatic nitrogens is 1. The van der Waals surface area contributed by atoms with Crippen LogP contribution in [0.15, 0.2) is 30.3 Å². The fourth-order valence-electron chi connectivity index (χ4n) is 4.57. The maximum Gasteiger partial charge on any atom is 0.242 e. The van der Waals surface area contributed by atoms with Crippen molar-refractivity contribution in [3.05, 3.63) is 58.5 Å². The van der Waals surface area contributed by atoms with Crippen LogP contribution in [0.2, 0.25) is 0 Å². The van der Waals surface area contributed by atoms with E-state index in [1.165, 1.54) is 12.1 Å². The third-order valence-electron chi connectivity index (χ3n) is 6.45. The van der Waals surface area contributed by atoms with Crippen LogP contribution < -0.4 is 21.7 Å². The highest BCUT2D eigenvalue weighted by atomic mass is 19.1. The van der Waals surface area contributed by atoms with Crippen molar-refractivity contribution in [1.82, 2.24) is 20.9 Å². The van der Waals surface area contributed by atoms with Gasteiger partial charge >= 0.3 is 0 Å². The molecule has 1 fully saturated rings. The highest BCUT2D eigenvalue weighted by Gasteiger charge is 2.32. The van der Waals surface area contributed by atoms with Gasteiger partial charge in [-0.3, -0.25) is 9.59 Å². The molecule has 4 atom stereocenters. The largest absolute Gasteiger partial charge is 0.383 e. The van der Waals surface area contributed by atoms with Crippen LogP contribution in [0.3, 0.4) is 0 Å². The Kier molecular flexibility index (Phi) is 6.41. The molecule has 1 aliphatic carbocycles. The highest BCUT2D eigenvalue weighted by Crippen LogP contribution is 2.32. The summed E-state index contributed by atoms with van der Waals surface area (Å²) >= 11 is 0. The lowest BCUT2D eigenvalue weighted by Crippen LogP contribution is -2.50. The second kappa shape index (κ2) is 9.24. The Morgan fingerprint density at radius 1 is 1.31 bits per heavy atom. The zero-order valence-corrected chi connectivity index (χ0v) is 18.5. The summed E-state index contributed by atoms with van der Waals surface area (Å²) < 4.78 is 13.1. The Morgan fingerprint density at radius 2 is 2.06 bits per heavy atom. The van der Waals surface area contributed by atoms with Crippen LogP contribution in [0.1, 0.15) is 48.2 Å². The van der Waals surface area contributed by atoms with Crippen LogP contribution in [-0.2, 0) is 22.4 Å². The molecule has 0 spiro atoms. The topological polar surface area (TPSA) is 109 Å². The van der Waals surface area contributed by atoms with Gasteiger partial charge in [-0.2, -0.15) is 0 Å². The van der Waals surface area contributed by atoms with Crippen molar-refractivity contribution < 1.29 is 14.0 Å². The Labute approximate surface area is 187 Å². The summed E-state index contributed by atoms with van der Waals surface area (Å²) in [4.78, 5) is 29.8. The fourth-order valence-corrected chi connectivity index (χ4v) is 4.57. The van der Waals surface area contributed by atoms with Gasteiger partial charge in [-0.15, -0.1) is 0 Å². The number of halogens is 1. The number of nitrogens with two attached hydrogens (primary N) is 1. The monoisotopic (exact) mass is 439 g/mol. The van der Waals surface area contributed by atoms with E-state index in [0.717, 1.165) is 41.6 Å². The number of nitrogen functional groups attached to an aromatic ring is 1. The standard InChI is InChI=1S/C24H30FN5O2/c1-13-9-18-19(29-22(13)26)7-8-20(18)30-23(31)14(2)28-24(32)21-11-16(12-27-21)10-15-3-5-17(25)6-4-15/h3-6,9,14,16,20-21,27H,7-8,10-12H2,1-2H3,(H2,26,29)(H,28,32)(H,30,31)/t14-,16-,20?,21+/m0/s1. The Morgan fingerprint density at radius 3 is 2.81 bits per heavy atom. The molecule has 8 heteroatoms. The van der Waals surface area contributed by atoms with Crippen molar-refractivity contribution >= 4 is 17.6 Å². The normalized spacial score (nSPS) is 22.9. The molecule has 5 N–H and O–H groups in total. The molecule has 1 aliphatic heterocycles. The smallest absolute Gasteiger partial charge is 0.242 e. The third-order valence-corrected chi connectivity index (χ3v) is 6.45. The lowest BCUT2D eigenvalue weighted by Gasteiger charge is -2.20.